The monoisotopic (exact) mass is 246 g/mol. The Hall–Kier alpha value is -0.340. The lowest BCUT2D eigenvalue weighted by Crippen LogP contribution is -2.17. The van der Waals surface area contributed by atoms with E-state index in [1.807, 2.05) is 34.6 Å². The number of nitrogens with zero attached hydrogens (tertiary/aromatic N) is 2. The second kappa shape index (κ2) is 4.26. The van der Waals surface area contributed by atoms with Crippen LogP contribution in [0.1, 0.15) is 51.9 Å². The fraction of sp³-hybridized carbons (Fsp3) is 0.636. The summed E-state index contributed by atoms with van der Waals surface area (Å²) in [4.78, 5) is 8.59. The highest BCUT2D eigenvalue weighted by Crippen LogP contribution is 2.31. The van der Waals surface area contributed by atoms with Crippen molar-refractivity contribution in [1.82, 2.24) is 9.97 Å². The topological polar surface area (TPSA) is 25.8 Å². The lowest BCUT2D eigenvalue weighted by molar-refractivity contribution is 0.543. The zero-order valence-electron chi connectivity index (χ0n) is 9.73. The second-order valence-corrected chi connectivity index (χ2v) is 5.66. The van der Waals surface area contributed by atoms with Crippen LogP contribution in [0.2, 0.25) is 10.3 Å². The number of rotatable bonds is 1. The molecule has 0 bridgehead atoms. The highest BCUT2D eigenvalue weighted by molar-refractivity contribution is 6.34. The highest BCUT2D eigenvalue weighted by Gasteiger charge is 2.22. The first-order chi connectivity index (χ1) is 6.73. The minimum Gasteiger partial charge on any atom is -0.220 e. The largest absolute Gasteiger partial charge is 0.220 e. The Kier molecular flexibility index (Phi) is 3.62. The summed E-state index contributed by atoms with van der Waals surface area (Å²) >= 11 is 12.2. The third-order valence-corrected chi connectivity index (χ3v) is 2.68. The van der Waals surface area contributed by atoms with Gasteiger partial charge in [-0.05, 0) is 5.92 Å². The molecule has 0 atom stereocenters. The zero-order valence-corrected chi connectivity index (χ0v) is 11.2. The van der Waals surface area contributed by atoms with Gasteiger partial charge < -0.3 is 0 Å². The Labute approximate surface area is 101 Å². The summed E-state index contributed by atoms with van der Waals surface area (Å²) in [6, 6.07) is 0. The van der Waals surface area contributed by atoms with E-state index in [0.29, 0.717) is 16.1 Å². The molecule has 0 aliphatic rings. The quantitative estimate of drug-likeness (QED) is 0.695. The van der Waals surface area contributed by atoms with Crippen LogP contribution in [-0.4, -0.2) is 9.97 Å². The zero-order chi connectivity index (χ0) is 11.8. The maximum atomic E-state index is 6.10. The molecule has 2 nitrogen and oxygen atoms in total. The molecule has 0 saturated carbocycles. The molecule has 1 aromatic heterocycles. The van der Waals surface area contributed by atoms with Gasteiger partial charge in [-0.25, -0.2) is 9.97 Å². The Morgan fingerprint density at radius 2 is 1.40 bits per heavy atom. The van der Waals surface area contributed by atoms with Crippen LogP contribution in [0.15, 0.2) is 0 Å². The molecule has 1 aromatic rings. The highest BCUT2D eigenvalue weighted by atomic mass is 35.5. The van der Waals surface area contributed by atoms with E-state index in [1.54, 1.807) is 0 Å². The number of hydrogen-bond donors (Lipinski definition) is 0. The van der Waals surface area contributed by atoms with Gasteiger partial charge in [0.15, 0.2) is 0 Å². The number of hydrogen-bond acceptors (Lipinski definition) is 2. The molecule has 0 amide bonds. The summed E-state index contributed by atoms with van der Waals surface area (Å²) in [6.07, 6.45) is 0. The van der Waals surface area contributed by atoms with Crippen LogP contribution in [0.3, 0.4) is 0 Å². The summed E-state index contributed by atoms with van der Waals surface area (Å²) in [7, 11) is 0. The lowest BCUT2D eigenvalue weighted by atomic mass is 9.95. The maximum Gasteiger partial charge on any atom is 0.137 e. The molecule has 4 heteroatoms. The average Bonchev–Trinajstić information content (AvgIpc) is 1.99. The third kappa shape index (κ3) is 2.82. The molecule has 0 unspecified atom stereocenters. The molecule has 0 spiro atoms. The van der Waals surface area contributed by atoms with Gasteiger partial charge in [-0.2, -0.15) is 0 Å². The van der Waals surface area contributed by atoms with Crippen molar-refractivity contribution >= 4 is 23.2 Å². The predicted molar refractivity (Wildman–Crippen MR) is 64.8 cm³/mol. The molecule has 0 aromatic carbocycles. The van der Waals surface area contributed by atoms with Crippen LogP contribution in [0.5, 0.6) is 0 Å². The van der Waals surface area contributed by atoms with Gasteiger partial charge in [-0.1, -0.05) is 57.8 Å². The number of halogens is 2. The smallest absolute Gasteiger partial charge is 0.137 e. The molecule has 0 aliphatic heterocycles. The van der Waals surface area contributed by atoms with Crippen LogP contribution < -0.4 is 0 Å². The average molecular weight is 247 g/mol. The fourth-order valence-corrected chi connectivity index (χ4v) is 2.05. The van der Waals surface area contributed by atoms with E-state index in [2.05, 4.69) is 9.97 Å². The van der Waals surface area contributed by atoms with Gasteiger partial charge in [-0.3, -0.25) is 0 Å². The van der Waals surface area contributed by atoms with E-state index in [9.17, 15) is 0 Å². The van der Waals surface area contributed by atoms with E-state index in [4.69, 9.17) is 23.2 Å². The molecule has 1 heterocycles. The molecule has 0 saturated heterocycles. The minimum absolute atomic E-state index is 0.136. The first kappa shape index (κ1) is 12.7. The number of aromatic nitrogens is 2. The van der Waals surface area contributed by atoms with Crippen molar-refractivity contribution in [3.05, 3.63) is 21.7 Å². The van der Waals surface area contributed by atoms with Crippen LogP contribution in [0.4, 0.5) is 0 Å². The lowest BCUT2D eigenvalue weighted by Gasteiger charge is -2.19. The van der Waals surface area contributed by atoms with Gasteiger partial charge in [0.1, 0.15) is 16.1 Å². The second-order valence-electron chi connectivity index (χ2n) is 4.95. The Balaban J connectivity index is 3.32. The molecular formula is C11H16Cl2N2. The van der Waals surface area contributed by atoms with Crippen molar-refractivity contribution < 1.29 is 0 Å². The summed E-state index contributed by atoms with van der Waals surface area (Å²) in [5.74, 6) is 0.918. The van der Waals surface area contributed by atoms with Crippen LogP contribution in [0.25, 0.3) is 0 Å². The molecule has 0 N–H and O–H groups in total. The first-order valence-electron chi connectivity index (χ1n) is 4.97. The SMILES string of the molecule is CC(C)c1c(Cl)nc(C(C)(C)C)nc1Cl. The first-order valence-corrected chi connectivity index (χ1v) is 5.72. The van der Waals surface area contributed by atoms with Crippen LogP contribution in [-0.2, 0) is 5.41 Å². The normalized spacial score (nSPS) is 12.3. The standard InChI is InChI=1S/C11H16Cl2N2/c1-6(2)7-8(12)14-10(11(3,4)5)15-9(7)13/h6H,1-5H3. The van der Waals surface area contributed by atoms with Crippen molar-refractivity contribution in [2.45, 2.75) is 46.0 Å². The van der Waals surface area contributed by atoms with Gasteiger partial charge in [0, 0.05) is 11.0 Å². The van der Waals surface area contributed by atoms with Gasteiger partial charge in [0.2, 0.25) is 0 Å². The molecule has 84 valence electrons. The van der Waals surface area contributed by atoms with E-state index in [-0.39, 0.29) is 11.3 Å². The summed E-state index contributed by atoms with van der Waals surface area (Å²) in [5.41, 5.74) is 0.689. The Morgan fingerprint density at radius 3 is 1.67 bits per heavy atom. The third-order valence-electron chi connectivity index (χ3n) is 2.10. The molecule has 1 rings (SSSR count). The van der Waals surface area contributed by atoms with Gasteiger partial charge >= 0.3 is 0 Å². The van der Waals surface area contributed by atoms with Crippen molar-refractivity contribution in [3.63, 3.8) is 0 Å². The van der Waals surface area contributed by atoms with Crippen molar-refractivity contribution in [2.75, 3.05) is 0 Å². The molecular weight excluding hydrogens is 231 g/mol. The molecule has 15 heavy (non-hydrogen) atoms. The Bertz CT molecular complexity index is 344. The van der Waals surface area contributed by atoms with E-state index >= 15 is 0 Å². The van der Waals surface area contributed by atoms with Gasteiger partial charge in [0.25, 0.3) is 0 Å². The Morgan fingerprint density at radius 1 is 1.00 bits per heavy atom. The molecule has 0 aliphatic carbocycles. The van der Waals surface area contributed by atoms with E-state index in [0.717, 1.165) is 5.56 Å². The summed E-state index contributed by atoms with van der Waals surface area (Å²) in [5, 5.41) is 0.935. The van der Waals surface area contributed by atoms with Crippen molar-refractivity contribution in [3.8, 4) is 0 Å². The minimum atomic E-state index is -0.136. The van der Waals surface area contributed by atoms with E-state index < -0.39 is 0 Å². The van der Waals surface area contributed by atoms with E-state index in [1.165, 1.54) is 0 Å². The van der Waals surface area contributed by atoms with Gasteiger partial charge in [-0.15, -0.1) is 0 Å². The van der Waals surface area contributed by atoms with Crippen LogP contribution in [0, 0.1) is 0 Å². The van der Waals surface area contributed by atoms with Crippen LogP contribution >= 0.6 is 23.2 Å². The van der Waals surface area contributed by atoms with Crippen molar-refractivity contribution in [1.29, 1.82) is 0 Å². The molecule has 0 fully saturated rings. The van der Waals surface area contributed by atoms with Gasteiger partial charge in [0.05, 0.1) is 0 Å². The fourth-order valence-electron chi connectivity index (χ4n) is 1.23. The maximum absolute atomic E-state index is 6.10. The summed E-state index contributed by atoms with van der Waals surface area (Å²) in [6.45, 7) is 10.1. The van der Waals surface area contributed by atoms with Crippen molar-refractivity contribution in [2.24, 2.45) is 0 Å². The molecule has 0 radical (unpaired) electrons. The predicted octanol–water partition coefficient (Wildman–Crippen LogP) is 4.20. The summed E-state index contributed by atoms with van der Waals surface area (Å²) < 4.78 is 0.